The molecule has 0 radical (unpaired) electrons. The first-order chi connectivity index (χ1) is 16.0. The van der Waals surface area contributed by atoms with E-state index in [4.69, 9.17) is 10.5 Å². The summed E-state index contributed by atoms with van der Waals surface area (Å²) in [5.41, 5.74) is 9.23. The van der Waals surface area contributed by atoms with Gasteiger partial charge in [-0.2, -0.15) is 0 Å². The number of fused-ring (bicyclic) bond motifs is 1. The van der Waals surface area contributed by atoms with Crippen molar-refractivity contribution in [1.29, 1.82) is 0 Å². The molecule has 1 unspecified atom stereocenters. The average molecular weight is 447 g/mol. The third-order valence-electron chi connectivity index (χ3n) is 5.88. The van der Waals surface area contributed by atoms with E-state index in [2.05, 4.69) is 59.1 Å². The molecule has 7 heteroatoms. The molecule has 0 spiro atoms. The molecule has 2 heterocycles. The number of aryl methyl sites for hydroxylation is 3. The topological polar surface area (TPSA) is 95.3 Å². The average Bonchev–Trinajstić information content (AvgIpc) is 3.40. The zero-order chi connectivity index (χ0) is 23.2. The number of ether oxygens (including phenoxy) is 1. The SMILES string of the molecule is Cn1c(CCc2ccccc2)cc2cc(OCCCC(O)Cn3cnc(C(N)=O)c3)ccc21. The molecule has 0 aliphatic carbocycles. The smallest absolute Gasteiger partial charge is 0.268 e. The Morgan fingerprint density at radius 3 is 2.73 bits per heavy atom. The van der Waals surface area contributed by atoms with Gasteiger partial charge in [0.2, 0.25) is 0 Å². The Bertz CT molecular complexity index is 1210. The highest BCUT2D eigenvalue weighted by Gasteiger charge is 2.10. The number of carbonyl (C=O) groups excluding carboxylic acids is 1. The fraction of sp³-hybridized carbons (Fsp3) is 0.308. The molecule has 33 heavy (non-hydrogen) atoms. The van der Waals surface area contributed by atoms with Crippen LogP contribution in [0.1, 0.15) is 34.6 Å². The second-order valence-corrected chi connectivity index (χ2v) is 8.37. The number of aromatic nitrogens is 3. The van der Waals surface area contributed by atoms with Crippen molar-refractivity contribution < 1.29 is 14.6 Å². The Labute approximate surface area is 193 Å². The van der Waals surface area contributed by atoms with Crippen LogP contribution in [0, 0.1) is 0 Å². The number of nitrogens with zero attached hydrogens (tertiary/aromatic N) is 3. The lowest BCUT2D eigenvalue weighted by molar-refractivity contribution is 0.0995. The minimum atomic E-state index is -0.574. The molecule has 172 valence electrons. The van der Waals surface area contributed by atoms with E-state index in [0.29, 0.717) is 26.0 Å². The Balaban J connectivity index is 1.26. The van der Waals surface area contributed by atoms with Crippen LogP contribution >= 0.6 is 0 Å². The zero-order valence-electron chi connectivity index (χ0n) is 18.9. The highest BCUT2D eigenvalue weighted by Crippen LogP contribution is 2.25. The van der Waals surface area contributed by atoms with E-state index >= 15 is 0 Å². The summed E-state index contributed by atoms with van der Waals surface area (Å²) >= 11 is 0. The van der Waals surface area contributed by atoms with Crippen LogP contribution in [0.25, 0.3) is 10.9 Å². The largest absolute Gasteiger partial charge is 0.494 e. The fourth-order valence-electron chi connectivity index (χ4n) is 4.06. The zero-order valence-corrected chi connectivity index (χ0v) is 18.9. The van der Waals surface area contributed by atoms with Gasteiger partial charge in [0, 0.05) is 36.4 Å². The number of hydrogen-bond acceptors (Lipinski definition) is 4. The molecule has 1 amide bonds. The van der Waals surface area contributed by atoms with Gasteiger partial charge in [-0.1, -0.05) is 30.3 Å². The van der Waals surface area contributed by atoms with Crippen LogP contribution in [0.2, 0.25) is 0 Å². The van der Waals surface area contributed by atoms with E-state index in [0.717, 1.165) is 18.6 Å². The molecule has 1 atom stereocenters. The predicted molar refractivity (Wildman–Crippen MR) is 128 cm³/mol. The molecule has 0 bridgehead atoms. The van der Waals surface area contributed by atoms with Crippen LogP contribution < -0.4 is 10.5 Å². The molecule has 4 aromatic rings. The van der Waals surface area contributed by atoms with Gasteiger partial charge in [-0.25, -0.2) is 4.98 Å². The van der Waals surface area contributed by atoms with Gasteiger partial charge in [0.15, 0.2) is 0 Å². The van der Waals surface area contributed by atoms with Gasteiger partial charge in [-0.05, 0) is 55.5 Å². The maximum absolute atomic E-state index is 11.1. The van der Waals surface area contributed by atoms with E-state index in [9.17, 15) is 9.90 Å². The number of benzene rings is 2. The van der Waals surface area contributed by atoms with Crippen LogP contribution in [-0.2, 0) is 26.4 Å². The molecular weight excluding hydrogens is 416 g/mol. The fourth-order valence-corrected chi connectivity index (χ4v) is 4.06. The molecule has 2 aromatic heterocycles. The number of carbonyl (C=O) groups is 1. The van der Waals surface area contributed by atoms with Gasteiger partial charge < -0.3 is 24.7 Å². The van der Waals surface area contributed by atoms with E-state index in [1.807, 2.05) is 12.1 Å². The second-order valence-electron chi connectivity index (χ2n) is 8.37. The normalized spacial score (nSPS) is 12.2. The van der Waals surface area contributed by atoms with Crippen LogP contribution in [0.15, 0.2) is 67.1 Å². The maximum atomic E-state index is 11.1. The number of aliphatic hydroxyl groups excluding tert-OH is 1. The van der Waals surface area contributed by atoms with Crippen LogP contribution in [0.3, 0.4) is 0 Å². The number of aliphatic hydroxyl groups is 1. The molecule has 3 N–H and O–H groups in total. The summed E-state index contributed by atoms with van der Waals surface area (Å²) < 4.78 is 9.85. The van der Waals surface area contributed by atoms with Gasteiger partial charge in [0.25, 0.3) is 5.91 Å². The Morgan fingerprint density at radius 2 is 1.97 bits per heavy atom. The van der Waals surface area contributed by atoms with E-state index < -0.39 is 12.0 Å². The summed E-state index contributed by atoms with van der Waals surface area (Å²) in [6.45, 7) is 0.884. The molecule has 2 aromatic carbocycles. The van der Waals surface area contributed by atoms with Crippen LogP contribution in [-0.4, -0.2) is 37.8 Å². The predicted octanol–water partition coefficient (Wildman–Crippen LogP) is 3.48. The summed E-state index contributed by atoms with van der Waals surface area (Å²) in [4.78, 5) is 15.0. The lowest BCUT2D eigenvalue weighted by Crippen LogP contribution is -2.16. The van der Waals surface area contributed by atoms with Crippen molar-refractivity contribution in [3.8, 4) is 5.75 Å². The van der Waals surface area contributed by atoms with Gasteiger partial charge in [-0.3, -0.25) is 4.79 Å². The van der Waals surface area contributed by atoms with Gasteiger partial charge >= 0.3 is 0 Å². The van der Waals surface area contributed by atoms with Crippen molar-refractivity contribution in [3.63, 3.8) is 0 Å². The van der Waals surface area contributed by atoms with E-state index in [1.54, 1.807) is 10.8 Å². The Hall–Kier alpha value is -3.58. The van der Waals surface area contributed by atoms with Crippen molar-refractivity contribution in [2.75, 3.05) is 6.61 Å². The van der Waals surface area contributed by atoms with Crippen LogP contribution in [0.4, 0.5) is 0 Å². The van der Waals surface area contributed by atoms with Crippen molar-refractivity contribution in [3.05, 3.63) is 84.1 Å². The van der Waals surface area contributed by atoms with Crippen molar-refractivity contribution in [2.24, 2.45) is 12.8 Å². The molecule has 4 rings (SSSR count). The van der Waals surface area contributed by atoms with Crippen molar-refractivity contribution in [2.45, 2.75) is 38.3 Å². The molecular formula is C26H30N4O3. The van der Waals surface area contributed by atoms with Crippen LogP contribution in [0.5, 0.6) is 5.75 Å². The highest BCUT2D eigenvalue weighted by atomic mass is 16.5. The van der Waals surface area contributed by atoms with Gasteiger partial charge in [0.05, 0.1) is 19.0 Å². The third-order valence-corrected chi connectivity index (χ3v) is 5.88. The molecule has 0 saturated heterocycles. The lowest BCUT2D eigenvalue weighted by Gasteiger charge is -2.12. The monoisotopic (exact) mass is 446 g/mol. The number of primary amides is 1. The first-order valence-corrected chi connectivity index (χ1v) is 11.2. The molecule has 0 saturated carbocycles. The minimum absolute atomic E-state index is 0.199. The number of hydrogen-bond donors (Lipinski definition) is 2. The third kappa shape index (κ3) is 5.81. The molecule has 7 nitrogen and oxygen atoms in total. The Morgan fingerprint density at radius 1 is 1.15 bits per heavy atom. The first kappa shape index (κ1) is 22.6. The highest BCUT2D eigenvalue weighted by molar-refractivity contribution is 5.90. The van der Waals surface area contributed by atoms with Crippen molar-refractivity contribution in [1.82, 2.24) is 14.1 Å². The Kier molecular flexibility index (Phi) is 7.10. The number of nitrogens with two attached hydrogens (primary N) is 1. The number of imidazole rings is 1. The molecule has 0 aliphatic heterocycles. The summed E-state index contributed by atoms with van der Waals surface area (Å²) in [5.74, 6) is 0.258. The number of rotatable bonds is 11. The summed E-state index contributed by atoms with van der Waals surface area (Å²) in [6, 6.07) is 18.9. The van der Waals surface area contributed by atoms with Gasteiger partial charge in [0.1, 0.15) is 11.4 Å². The summed E-state index contributed by atoms with van der Waals surface area (Å²) in [7, 11) is 2.11. The van der Waals surface area contributed by atoms with Gasteiger partial charge in [-0.15, -0.1) is 0 Å². The molecule has 0 aliphatic rings. The first-order valence-electron chi connectivity index (χ1n) is 11.2. The van der Waals surface area contributed by atoms with E-state index in [-0.39, 0.29) is 5.69 Å². The summed E-state index contributed by atoms with van der Waals surface area (Å²) in [5, 5.41) is 11.4. The molecule has 0 fully saturated rings. The lowest BCUT2D eigenvalue weighted by atomic mass is 10.1. The summed E-state index contributed by atoms with van der Waals surface area (Å²) in [6.07, 6.45) is 5.80. The minimum Gasteiger partial charge on any atom is -0.494 e. The van der Waals surface area contributed by atoms with Crippen molar-refractivity contribution >= 4 is 16.8 Å². The quantitative estimate of drug-likeness (QED) is 0.345. The second kappa shape index (κ2) is 10.4. The standard InChI is InChI=1S/C26H30N4O3/c1-29-21(10-9-19-6-3-2-4-7-19)14-20-15-23(11-12-25(20)29)33-13-5-8-22(31)16-30-17-24(26(27)32)28-18-30/h2-4,6-7,11-12,14-15,17-18,22,31H,5,8-10,13,16H2,1H3,(H2,27,32). The van der Waals surface area contributed by atoms with E-state index in [1.165, 1.54) is 28.5 Å². The maximum Gasteiger partial charge on any atom is 0.268 e. The number of amides is 1.